The predicted octanol–water partition coefficient (Wildman–Crippen LogP) is 3.53. The van der Waals surface area contributed by atoms with Crippen molar-refractivity contribution >= 4 is 40.6 Å². The lowest BCUT2D eigenvalue weighted by Gasteiger charge is -2.36. The highest BCUT2D eigenvalue weighted by Crippen LogP contribution is 2.36. The first kappa shape index (κ1) is 23.1. The van der Waals surface area contributed by atoms with Crippen LogP contribution in [0.4, 0.5) is 0 Å². The maximum absolute atomic E-state index is 13.3. The number of likely N-dealkylation sites (N-methyl/N-ethyl adjacent to an activating group) is 1. The second kappa shape index (κ2) is 10.1. The van der Waals surface area contributed by atoms with Crippen LogP contribution in [0.25, 0.3) is 5.57 Å². The molecule has 3 rings (SSSR count). The average Bonchev–Trinajstić information content (AvgIpc) is 2.95. The van der Waals surface area contributed by atoms with E-state index in [1.165, 1.54) is 4.90 Å². The average molecular weight is 454 g/mol. The molecular formula is C22H29Cl2N3O3. The summed E-state index contributed by atoms with van der Waals surface area (Å²) in [4.78, 5) is 32.3. The Labute approximate surface area is 188 Å². The summed E-state index contributed by atoms with van der Waals surface area (Å²) in [6.07, 6.45) is 0.704. The van der Waals surface area contributed by atoms with Crippen LogP contribution in [0, 0.1) is 0 Å². The van der Waals surface area contributed by atoms with Gasteiger partial charge in [-0.1, -0.05) is 36.2 Å². The van der Waals surface area contributed by atoms with Crippen LogP contribution in [0.15, 0.2) is 23.9 Å². The summed E-state index contributed by atoms with van der Waals surface area (Å²) in [6, 6.07) is 5.02. The van der Waals surface area contributed by atoms with Gasteiger partial charge in [-0.05, 0) is 38.9 Å². The first-order valence-electron chi connectivity index (χ1n) is 10.5. The molecule has 8 heteroatoms. The number of amides is 2. The molecule has 1 aromatic carbocycles. The molecule has 2 heterocycles. The van der Waals surface area contributed by atoms with Crippen LogP contribution < -0.4 is 0 Å². The summed E-state index contributed by atoms with van der Waals surface area (Å²) < 4.78 is 5.57. The number of halogens is 2. The molecule has 0 bridgehead atoms. The molecule has 164 valence electrons. The molecule has 2 aliphatic rings. The number of hydrogen-bond donors (Lipinski definition) is 0. The molecule has 30 heavy (non-hydrogen) atoms. The van der Waals surface area contributed by atoms with E-state index in [0.717, 1.165) is 19.6 Å². The molecule has 0 spiro atoms. The number of hydrogen-bond acceptors (Lipinski definition) is 5. The van der Waals surface area contributed by atoms with Gasteiger partial charge in [-0.2, -0.15) is 0 Å². The molecule has 6 nitrogen and oxygen atoms in total. The largest absolute Gasteiger partial charge is 0.379 e. The lowest BCUT2D eigenvalue weighted by Crippen LogP contribution is -2.47. The molecule has 2 amide bonds. The summed E-state index contributed by atoms with van der Waals surface area (Å²) in [5.74, 6) is -0.558. The van der Waals surface area contributed by atoms with Crippen LogP contribution >= 0.6 is 23.2 Å². The maximum atomic E-state index is 13.3. The highest BCUT2D eigenvalue weighted by molar-refractivity contribution is 6.41. The molecule has 0 aliphatic carbocycles. The summed E-state index contributed by atoms with van der Waals surface area (Å²) in [6.45, 7) is 10.9. The second-order valence-electron chi connectivity index (χ2n) is 7.80. The molecule has 0 atom stereocenters. The zero-order valence-electron chi connectivity index (χ0n) is 17.8. The fourth-order valence-electron chi connectivity index (χ4n) is 3.82. The van der Waals surface area contributed by atoms with Gasteiger partial charge in [-0.25, -0.2) is 0 Å². The molecule has 0 saturated carbocycles. The van der Waals surface area contributed by atoms with Gasteiger partial charge in [0.05, 0.1) is 16.7 Å². The van der Waals surface area contributed by atoms with Crippen molar-refractivity contribution in [3.8, 4) is 0 Å². The summed E-state index contributed by atoms with van der Waals surface area (Å²) in [5, 5.41) is 0.857. The van der Waals surface area contributed by atoms with E-state index in [2.05, 4.69) is 11.8 Å². The van der Waals surface area contributed by atoms with Crippen molar-refractivity contribution in [1.29, 1.82) is 0 Å². The quantitative estimate of drug-likeness (QED) is 0.445. The van der Waals surface area contributed by atoms with Gasteiger partial charge < -0.3 is 14.5 Å². The third kappa shape index (κ3) is 4.99. The molecule has 2 aliphatic heterocycles. The number of benzene rings is 1. The van der Waals surface area contributed by atoms with Gasteiger partial charge in [-0.15, -0.1) is 0 Å². The van der Waals surface area contributed by atoms with Crippen molar-refractivity contribution < 1.29 is 14.3 Å². The molecule has 0 N–H and O–H groups in total. The molecule has 0 unspecified atom stereocenters. The number of imide groups is 1. The molecule has 1 saturated heterocycles. The van der Waals surface area contributed by atoms with Crippen LogP contribution in [0.5, 0.6) is 0 Å². The lowest BCUT2D eigenvalue weighted by molar-refractivity contribution is -0.137. The minimum absolute atomic E-state index is 0.113. The monoisotopic (exact) mass is 453 g/mol. The van der Waals surface area contributed by atoms with E-state index in [-0.39, 0.29) is 17.9 Å². The fourth-order valence-corrected chi connectivity index (χ4v) is 4.33. The summed E-state index contributed by atoms with van der Waals surface area (Å²) in [5.41, 5.74) is 1.37. The molecule has 0 radical (unpaired) electrons. The number of piperazine rings is 1. The fraction of sp³-hybridized carbons (Fsp3) is 0.545. The number of carbonyl (C=O) groups excluding carboxylic acids is 2. The topological polar surface area (TPSA) is 53.1 Å². The van der Waals surface area contributed by atoms with Gasteiger partial charge in [0.1, 0.15) is 5.70 Å². The Hall–Kier alpha value is -1.60. The Morgan fingerprint density at radius 1 is 1.07 bits per heavy atom. The standard InChI is InChI=1S/C22H29Cl2N3O3/c1-4-25-9-11-26(12-10-25)20-19(17-7-6-16(23)14-18(17)24)21(28)27(22(20)29)8-5-13-30-15(2)3/h6-7,14-15H,4-5,8-13H2,1-3H3. The van der Waals surface area contributed by atoms with Gasteiger partial charge in [0.15, 0.2) is 0 Å². The molecule has 1 fully saturated rings. The van der Waals surface area contributed by atoms with Crippen molar-refractivity contribution in [3.05, 3.63) is 39.5 Å². The Morgan fingerprint density at radius 2 is 1.77 bits per heavy atom. The van der Waals surface area contributed by atoms with Crippen molar-refractivity contribution in [2.75, 3.05) is 45.9 Å². The number of ether oxygens (including phenoxy) is 1. The normalized spacial score (nSPS) is 18.3. The highest BCUT2D eigenvalue weighted by Gasteiger charge is 2.42. The van der Waals surface area contributed by atoms with Crippen LogP contribution in [0.1, 0.15) is 32.8 Å². The number of rotatable bonds is 8. The Balaban J connectivity index is 1.90. The lowest BCUT2D eigenvalue weighted by atomic mass is 10.0. The van der Waals surface area contributed by atoms with Gasteiger partial charge in [0.2, 0.25) is 0 Å². The Morgan fingerprint density at radius 3 is 2.37 bits per heavy atom. The minimum Gasteiger partial charge on any atom is -0.379 e. The van der Waals surface area contributed by atoms with Crippen LogP contribution in [-0.4, -0.2) is 78.5 Å². The predicted molar refractivity (Wildman–Crippen MR) is 119 cm³/mol. The highest BCUT2D eigenvalue weighted by atomic mass is 35.5. The number of nitrogens with zero attached hydrogens (tertiary/aromatic N) is 3. The van der Waals surface area contributed by atoms with Gasteiger partial charge in [-0.3, -0.25) is 14.5 Å². The van der Waals surface area contributed by atoms with Crippen LogP contribution in [-0.2, 0) is 14.3 Å². The minimum atomic E-state index is -0.304. The van der Waals surface area contributed by atoms with Gasteiger partial charge in [0, 0.05) is 49.9 Å². The zero-order chi connectivity index (χ0) is 21.8. The van der Waals surface area contributed by atoms with E-state index >= 15 is 0 Å². The van der Waals surface area contributed by atoms with E-state index in [1.807, 2.05) is 18.7 Å². The second-order valence-corrected chi connectivity index (χ2v) is 8.65. The first-order valence-corrected chi connectivity index (χ1v) is 11.2. The number of carbonyl (C=O) groups is 2. The molecule has 1 aromatic rings. The van der Waals surface area contributed by atoms with Crippen molar-refractivity contribution in [3.63, 3.8) is 0 Å². The SMILES string of the molecule is CCN1CCN(C2=C(c3ccc(Cl)cc3Cl)C(=O)N(CCCOC(C)C)C2=O)CC1. The van der Waals surface area contributed by atoms with Crippen LogP contribution in [0.2, 0.25) is 10.0 Å². The molecule has 0 aromatic heterocycles. The smallest absolute Gasteiger partial charge is 0.277 e. The van der Waals surface area contributed by atoms with Crippen molar-refractivity contribution in [1.82, 2.24) is 14.7 Å². The van der Waals surface area contributed by atoms with Crippen molar-refractivity contribution in [2.24, 2.45) is 0 Å². The van der Waals surface area contributed by atoms with E-state index in [1.54, 1.807) is 18.2 Å². The summed E-state index contributed by atoms with van der Waals surface area (Å²) >= 11 is 12.5. The van der Waals surface area contributed by atoms with Crippen molar-refractivity contribution in [2.45, 2.75) is 33.3 Å². The van der Waals surface area contributed by atoms with E-state index in [0.29, 0.717) is 59.5 Å². The third-order valence-electron chi connectivity index (χ3n) is 5.46. The van der Waals surface area contributed by atoms with Gasteiger partial charge >= 0.3 is 0 Å². The van der Waals surface area contributed by atoms with E-state index in [4.69, 9.17) is 27.9 Å². The summed E-state index contributed by atoms with van der Waals surface area (Å²) in [7, 11) is 0. The van der Waals surface area contributed by atoms with E-state index < -0.39 is 0 Å². The Kier molecular flexibility index (Phi) is 7.80. The third-order valence-corrected chi connectivity index (χ3v) is 6.00. The molecular weight excluding hydrogens is 425 g/mol. The first-order chi connectivity index (χ1) is 14.3. The Bertz CT molecular complexity index is 833. The van der Waals surface area contributed by atoms with E-state index in [9.17, 15) is 9.59 Å². The maximum Gasteiger partial charge on any atom is 0.277 e. The van der Waals surface area contributed by atoms with Gasteiger partial charge in [0.25, 0.3) is 11.8 Å². The van der Waals surface area contributed by atoms with Crippen LogP contribution in [0.3, 0.4) is 0 Å². The zero-order valence-corrected chi connectivity index (χ0v) is 19.3.